The first-order valence-corrected chi connectivity index (χ1v) is 6.79. The number of carboxylic acids is 1. The monoisotopic (exact) mass is 296 g/mol. The van der Waals surface area contributed by atoms with Crippen molar-refractivity contribution in [1.82, 2.24) is 0 Å². The van der Waals surface area contributed by atoms with Crippen LogP contribution in [0, 0.1) is 28.8 Å². The van der Waals surface area contributed by atoms with E-state index in [4.69, 9.17) is 5.11 Å². The van der Waals surface area contributed by atoms with Gasteiger partial charge in [0.1, 0.15) is 11.5 Å². The molecule has 0 bridgehead atoms. The fraction of sp³-hybridized carbons (Fsp3) is 0.500. The van der Waals surface area contributed by atoms with E-state index >= 15 is 0 Å². The van der Waals surface area contributed by atoms with E-state index in [1.54, 1.807) is 11.8 Å². The molecular weight excluding hydrogens is 279 g/mol. The molecule has 1 heterocycles. The van der Waals surface area contributed by atoms with Crippen molar-refractivity contribution in [2.24, 2.45) is 5.92 Å². The highest BCUT2D eigenvalue weighted by atomic mass is 19.1. The molecular formula is C14H17FN2O4. The molecule has 6 nitrogen and oxygen atoms in total. The number of anilines is 1. The van der Waals surface area contributed by atoms with Gasteiger partial charge in [0.15, 0.2) is 0 Å². The Labute approximate surface area is 121 Å². The molecule has 114 valence electrons. The molecule has 1 fully saturated rings. The average Bonchev–Trinajstić information content (AvgIpc) is 2.40. The van der Waals surface area contributed by atoms with E-state index < -0.39 is 16.7 Å². The molecule has 1 aromatic rings. The summed E-state index contributed by atoms with van der Waals surface area (Å²) in [6.45, 7) is 2.61. The number of nitro benzene ring substituents is 1. The Morgan fingerprint density at radius 1 is 1.57 bits per heavy atom. The number of carboxylic acid groups (broad SMARTS) is 1. The molecule has 1 unspecified atom stereocenters. The van der Waals surface area contributed by atoms with E-state index in [0.717, 1.165) is 18.9 Å². The van der Waals surface area contributed by atoms with Crippen molar-refractivity contribution in [1.29, 1.82) is 0 Å². The van der Waals surface area contributed by atoms with Crippen molar-refractivity contribution < 1.29 is 19.2 Å². The molecule has 1 saturated heterocycles. The lowest BCUT2D eigenvalue weighted by molar-refractivity contribution is -0.384. The number of hydrogen-bond donors (Lipinski definition) is 1. The van der Waals surface area contributed by atoms with Crippen LogP contribution in [0.15, 0.2) is 12.1 Å². The molecule has 1 N–H and O–H groups in total. The van der Waals surface area contributed by atoms with Gasteiger partial charge in [-0.25, -0.2) is 4.39 Å². The van der Waals surface area contributed by atoms with Gasteiger partial charge < -0.3 is 10.0 Å². The number of aryl methyl sites for hydroxylation is 1. The minimum atomic E-state index is -0.869. The van der Waals surface area contributed by atoms with Gasteiger partial charge in [-0.2, -0.15) is 0 Å². The van der Waals surface area contributed by atoms with Crippen LogP contribution in [0.5, 0.6) is 0 Å². The number of benzene rings is 1. The standard InChI is InChI=1S/C14H17FN2O4/c1-9-5-12(13(17(20)21)7-11(9)15)16-4-2-3-10(8-16)6-14(18)19/h5,7,10H,2-4,6,8H2,1H3,(H,18,19). The number of nitrogens with zero attached hydrogens (tertiary/aromatic N) is 2. The highest BCUT2D eigenvalue weighted by Gasteiger charge is 2.27. The summed E-state index contributed by atoms with van der Waals surface area (Å²) in [6, 6.07) is 2.40. The van der Waals surface area contributed by atoms with Crippen LogP contribution < -0.4 is 4.90 Å². The molecule has 21 heavy (non-hydrogen) atoms. The van der Waals surface area contributed by atoms with Gasteiger partial charge in [0.05, 0.1) is 11.0 Å². The second kappa shape index (κ2) is 6.07. The summed E-state index contributed by atoms with van der Waals surface area (Å²) in [7, 11) is 0. The molecule has 1 atom stereocenters. The topological polar surface area (TPSA) is 83.7 Å². The highest BCUT2D eigenvalue weighted by Crippen LogP contribution is 2.34. The Bertz CT molecular complexity index is 576. The fourth-order valence-electron chi connectivity index (χ4n) is 2.75. The van der Waals surface area contributed by atoms with Gasteiger partial charge in [-0.1, -0.05) is 0 Å². The zero-order valence-corrected chi connectivity index (χ0v) is 11.7. The van der Waals surface area contributed by atoms with E-state index in [9.17, 15) is 19.3 Å². The second-order valence-electron chi connectivity index (χ2n) is 5.40. The molecule has 0 saturated carbocycles. The number of hydrogen-bond acceptors (Lipinski definition) is 4. The predicted octanol–water partition coefficient (Wildman–Crippen LogP) is 2.73. The Balaban J connectivity index is 2.30. The highest BCUT2D eigenvalue weighted by molar-refractivity contribution is 5.68. The van der Waals surface area contributed by atoms with Crippen LogP contribution in [-0.4, -0.2) is 29.1 Å². The molecule has 0 radical (unpaired) electrons. The van der Waals surface area contributed by atoms with Gasteiger partial charge in [0.2, 0.25) is 0 Å². The third kappa shape index (κ3) is 3.48. The maximum absolute atomic E-state index is 13.5. The van der Waals surface area contributed by atoms with Gasteiger partial charge in [0.25, 0.3) is 5.69 Å². The third-order valence-electron chi connectivity index (χ3n) is 3.78. The first-order valence-electron chi connectivity index (χ1n) is 6.79. The van der Waals surface area contributed by atoms with Gasteiger partial charge >= 0.3 is 5.97 Å². The molecule has 7 heteroatoms. The van der Waals surface area contributed by atoms with E-state index in [-0.39, 0.29) is 18.0 Å². The van der Waals surface area contributed by atoms with Crippen LogP contribution in [-0.2, 0) is 4.79 Å². The lowest BCUT2D eigenvalue weighted by Crippen LogP contribution is -2.36. The van der Waals surface area contributed by atoms with Crippen LogP contribution in [0.4, 0.5) is 15.8 Å². The zero-order valence-electron chi connectivity index (χ0n) is 11.7. The van der Waals surface area contributed by atoms with Crippen LogP contribution >= 0.6 is 0 Å². The van der Waals surface area contributed by atoms with E-state index in [2.05, 4.69) is 0 Å². The lowest BCUT2D eigenvalue weighted by Gasteiger charge is -2.33. The van der Waals surface area contributed by atoms with Gasteiger partial charge in [-0.3, -0.25) is 14.9 Å². The van der Waals surface area contributed by atoms with Crippen LogP contribution in [0.3, 0.4) is 0 Å². The fourth-order valence-corrected chi connectivity index (χ4v) is 2.75. The molecule has 0 aliphatic carbocycles. The summed E-state index contributed by atoms with van der Waals surface area (Å²) in [6.07, 6.45) is 1.60. The minimum absolute atomic E-state index is 0.0405. The summed E-state index contributed by atoms with van der Waals surface area (Å²) in [5, 5.41) is 20.0. The average molecular weight is 296 g/mol. The molecule has 1 aliphatic rings. The molecule has 1 aromatic carbocycles. The van der Waals surface area contributed by atoms with Crippen molar-refractivity contribution in [3.63, 3.8) is 0 Å². The van der Waals surface area contributed by atoms with Crippen molar-refractivity contribution in [3.05, 3.63) is 33.6 Å². The molecule has 0 amide bonds. The van der Waals surface area contributed by atoms with Gasteiger partial charge in [-0.15, -0.1) is 0 Å². The summed E-state index contributed by atoms with van der Waals surface area (Å²) >= 11 is 0. The molecule has 0 aromatic heterocycles. The normalized spacial score (nSPS) is 18.6. The summed E-state index contributed by atoms with van der Waals surface area (Å²) in [4.78, 5) is 23.1. The number of piperidine rings is 1. The van der Waals surface area contributed by atoms with Crippen molar-refractivity contribution in [3.8, 4) is 0 Å². The quantitative estimate of drug-likeness (QED) is 0.682. The largest absolute Gasteiger partial charge is 0.481 e. The van der Waals surface area contributed by atoms with Crippen molar-refractivity contribution >= 4 is 17.3 Å². The lowest BCUT2D eigenvalue weighted by atomic mass is 9.94. The Kier molecular flexibility index (Phi) is 4.40. The minimum Gasteiger partial charge on any atom is -0.481 e. The predicted molar refractivity (Wildman–Crippen MR) is 75.0 cm³/mol. The number of nitro groups is 1. The summed E-state index contributed by atoms with van der Waals surface area (Å²) in [5.74, 6) is -1.52. The summed E-state index contributed by atoms with van der Waals surface area (Å²) in [5.41, 5.74) is 0.444. The third-order valence-corrected chi connectivity index (χ3v) is 3.78. The van der Waals surface area contributed by atoms with Gasteiger partial charge in [-0.05, 0) is 37.3 Å². The number of halogens is 1. The molecule has 2 rings (SSSR count). The first-order chi connectivity index (χ1) is 9.88. The van der Waals surface area contributed by atoms with Crippen LogP contribution in [0.2, 0.25) is 0 Å². The van der Waals surface area contributed by atoms with E-state index in [1.807, 2.05) is 0 Å². The smallest absolute Gasteiger partial charge is 0.303 e. The Morgan fingerprint density at radius 3 is 2.90 bits per heavy atom. The molecule has 0 spiro atoms. The SMILES string of the molecule is Cc1cc(N2CCCC(CC(=O)O)C2)c([N+](=O)[O-])cc1F. The van der Waals surface area contributed by atoms with Crippen LogP contribution in [0.25, 0.3) is 0 Å². The Hall–Kier alpha value is -2.18. The number of aliphatic carboxylic acids is 1. The number of rotatable bonds is 4. The Morgan fingerprint density at radius 2 is 2.29 bits per heavy atom. The summed E-state index contributed by atoms with van der Waals surface area (Å²) < 4.78 is 13.5. The maximum atomic E-state index is 13.5. The second-order valence-corrected chi connectivity index (χ2v) is 5.40. The zero-order chi connectivity index (χ0) is 15.6. The number of carbonyl (C=O) groups is 1. The molecule has 1 aliphatic heterocycles. The van der Waals surface area contributed by atoms with Crippen LogP contribution in [0.1, 0.15) is 24.8 Å². The van der Waals surface area contributed by atoms with Gasteiger partial charge in [0, 0.05) is 19.5 Å². The first kappa shape index (κ1) is 15.2. The van der Waals surface area contributed by atoms with E-state index in [0.29, 0.717) is 24.3 Å². The van der Waals surface area contributed by atoms with Crippen molar-refractivity contribution in [2.75, 3.05) is 18.0 Å². The van der Waals surface area contributed by atoms with Crippen molar-refractivity contribution in [2.45, 2.75) is 26.2 Å². The van der Waals surface area contributed by atoms with E-state index in [1.165, 1.54) is 6.07 Å². The maximum Gasteiger partial charge on any atom is 0.303 e.